The molecular formula is C28H23N3O6S. The van der Waals surface area contributed by atoms with Crippen LogP contribution in [-0.4, -0.2) is 25.5 Å². The summed E-state index contributed by atoms with van der Waals surface area (Å²) in [7, 11) is -3.75. The Morgan fingerprint density at radius 1 is 0.947 bits per heavy atom. The first kappa shape index (κ1) is 25.0. The Morgan fingerprint density at radius 3 is 2.37 bits per heavy atom. The number of nitrogens with zero attached hydrogens (tertiary/aromatic N) is 2. The van der Waals surface area contributed by atoms with E-state index in [4.69, 9.17) is 4.42 Å². The SMILES string of the molecule is Cc1c(N(Cc2ccc(C(=O)Nc3ccc4c(c3)oc3ccccc34)cc2)S(C)(=O)=O)cccc1[N+](=O)[O-]. The van der Waals surface area contributed by atoms with Crippen molar-refractivity contribution in [3.8, 4) is 0 Å². The molecule has 0 spiro atoms. The van der Waals surface area contributed by atoms with Crippen LogP contribution in [0, 0.1) is 17.0 Å². The highest BCUT2D eigenvalue weighted by Gasteiger charge is 2.24. The molecule has 5 aromatic rings. The van der Waals surface area contributed by atoms with E-state index in [1.165, 1.54) is 25.1 Å². The van der Waals surface area contributed by atoms with Crippen LogP contribution in [0.4, 0.5) is 17.1 Å². The van der Waals surface area contributed by atoms with Crippen LogP contribution in [0.3, 0.4) is 0 Å². The predicted molar refractivity (Wildman–Crippen MR) is 147 cm³/mol. The molecule has 192 valence electrons. The molecule has 5 rings (SSSR count). The summed E-state index contributed by atoms with van der Waals surface area (Å²) in [5.41, 5.74) is 3.32. The topological polar surface area (TPSA) is 123 Å². The van der Waals surface area contributed by atoms with Gasteiger partial charge in [-0.15, -0.1) is 0 Å². The van der Waals surface area contributed by atoms with E-state index >= 15 is 0 Å². The first-order valence-corrected chi connectivity index (χ1v) is 13.5. The van der Waals surface area contributed by atoms with Crippen LogP contribution in [0.25, 0.3) is 21.9 Å². The lowest BCUT2D eigenvalue weighted by Gasteiger charge is -2.24. The number of nitro groups is 1. The molecule has 0 saturated carbocycles. The molecule has 0 bridgehead atoms. The average molecular weight is 530 g/mol. The lowest BCUT2D eigenvalue weighted by molar-refractivity contribution is -0.385. The van der Waals surface area contributed by atoms with Gasteiger partial charge in [0, 0.05) is 34.2 Å². The fourth-order valence-corrected chi connectivity index (χ4v) is 5.33. The minimum Gasteiger partial charge on any atom is -0.456 e. The quantitative estimate of drug-likeness (QED) is 0.203. The lowest BCUT2D eigenvalue weighted by atomic mass is 10.1. The summed E-state index contributed by atoms with van der Waals surface area (Å²) in [6.45, 7) is 1.47. The van der Waals surface area contributed by atoms with E-state index in [-0.39, 0.29) is 29.4 Å². The van der Waals surface area contributed by atoms with E-state index in [2.05, 4.69) is 5.32 Å². The Morgan fingerprint density at radius 2 is 1.66 bits per heavy atom. The number of hydrogen-bond acceptors (Lipinski definition) is 6. The molecular weight excluding hydrogens is 506 g/mol. The highest BCUT2D eigenvalue weighted by Crippen LogP contribution is 2.32. The third-order valence-electron chi connectivity index (χ3n) is 6.32. The fourth-order valence-electron chi connectivity index (χ4n) is 4.39. The maximum atomic E-state index is 12.9. The first-order valence-electron chi connectivity index (χ1n) is 11.6. The van der Waals surface area contributed by atoms with Crippen molar-refractivity contribution in [1.82, 2.24) is 0 Å². The molecule has 0 aliphatic rings. The van der Waals surface area contributed by atoms with E-state index in [9.17, 15) is 23.3 Å². The van der Waals surface area contributed by atoms with Gasteiger partial charge in [0.05, 0.1) is 29.0 Å². The number of carbonyl (C=O) groups excluding carboxylic acids is 1. The van der Waals surface area contributed by atoms with Gasteiger partial charge in [0.2, 0.25) is 10.0 Å². The molecule has 1 amide bonds. The first-order chi connectivity index (χ1) is 18.1. The third kappa shape index (κ3) is 4.81. The number of carbonyl (C=O) groups is 1. The monoisotopic (exact) mass is 529 g/mol. The normalized spacial score (nSPS) is 11.5. The van der Waals surface area contributed by atoms with Crippen molar-refractivity contribution in [1.29, 1.82) is 0 Å². The van der Waals surface area contributed by atoms with Gasteiger partial charge in [-0.3, -0.25) is 19.2 Å². The van der Waals surface area contributed by atoms with Crippen molar-refractivity contribution in [3.05, 3.63) is 112 Å². The second kappa shape index (κ2) is 9.64. The number of furan rings is 1. The van der Waals surface area contributed by atoms with Crippen LogP contribution in [0.1, 0.15) is 21.5 Å². The molecule has 1 N–H and O–H groups in total. The highest BCUT2D eigenvalue weighted by molar-refractivity contribution is 7.92. The van der Waals surface area contributed by atoms with Gasteiger partial charge in [-0.2, -0.15) is 0 Å². The Balaban J connectivity index is 1.35. The number of nitrogens with one attached hydrogen (secondary N) is 1. The van der Waals surface area contributed by atoms with Gasteiger partial charge < -0.3 is 9.73 Å². The third-order valence-corrected chi connectivity index (χ3v) is 7.45. The van der Waals surface area contributed by atoms with Crippen LogP contribution >= 0.6 is 0 Å². The molecule has 0 aliphatic heterocycles. The number of hydrogen-bond donors (Lipinski definition) is 1. The summed E-state index contributed by atoms with van der Waals surface area (Å²) in [6, 6.07) is 24.0. The summed E-state index contributed by atoms with van der Waals surface area (Å²) in [6.07, 6.45) is 1.05. The minimum atomic E-state index is -3.75. The molecule has 0 fully saturated rings. The maximum Gasteiger partial charge on any atom is 0.274 e. The summed E-state index contributed by atoms with van der Waals surface area (Å²) < 4.78 is 32.2. The molecule has 0 unspecified atom stereocenters. The number of fused-ring (bicyclic) bond motifs is 3. The standard InChI is InChI=1S/C28H23N3O6S/c1-18-24(7-5-8-25(18)31(33)34)30(38(2,35)36)17-19-10-12-20(13-11-19)28(32)29-21-14-15-23-22-6-3-4-9-26(22)37-27(23)16-21/h3-16H,17H2,1-2H3,(H,29,32). The van der Waals surface area contributed by atoms with E-state index in [0.717, 1.165) is 26.9 Å². The number of rotatable bonds is 7. The molecule has 4 aromatic carbocycles. The van der Waals surface area contributed by atoms with Crippen molar-refractivity contribution in [2.24, 2.45) is 0 Å². The Kier molecular flexibility index (Phi) is 6.33. The Labute approximate surface area is 218 Å². The van der Waals surface area contributed by atoms with Crippen molar-refractivity contribution in [2.45, 2.75) is 13.5 Å². The Bertz CT molecular complexity index is 1810. The van der Waals surface area contributed by atoms with Crippen molar-refractivity contribution < 1.29 is 22.6 Å². The van der Waals surface area contributed by atoms with Crippen LogP contribution in [0.5, 0.6) is 0 Å². The Hall–Kier alpha value is -4.70. The number of nitro benzene ring substituents is 1. The van der Waals surface area contributed by atoms with Gasteiger partial charge in [0.25, 0.3) is 11.6 Å². The van der Waals surface area contributed by atoms with Gasteiger partial charge in [0.15, 0.2) is 0 Å². The average Bonchev–Trinajstić information content (AvgIpc) is 3.25. The van der Waals surface area contributed by atoms with E-state index in [0.29, 0.717) is 22.4 Å². The molecule has 0 radical (unpaired) electrons. The van der Waals surface area contributed by atoms with Gasteiger partial charge in [-0.25, -0.2) is 8.42 Å². The zero-order chi connectivity index (χ0) is 27.0. The van der Waals surface area contributed by atoms with Crippen LogP contribution < -0.4 is 9.62 Å². The minimum absolute atomic E-state index is 0.0501. The van der Waals surface area contributed by atoms with E-state index < -0.39 is 14.9 Å². The van der Waals surface area contributed by atoms with Crippen LogP contribution in [0.2, 0.25) is 0 Å². The number of anilines is 2. The molecule has 0 aliphatic carbocycles. The molecule has 0 saturated heterocycles. The van der Waals surface area contributed by atoms with Gasteiger partial charge in [0.1, 0.15) is 11.2 Å². The predicted octanol–water partition coefficient (Wildman–Crippen LogP) is 6.02. The van der Waals surface area contributed by atoms with E-state index in [1.807, 2.05) is 36.4 Å². The van der Waals surface area contributed by atoms with Crippen LogP contribution in [-0.2, 0) is 16.6 Å². The summed E-state index contributed by atoms with van der Waals surface area (Å²) in [5, 5.41) is 16.2. The number of amides is 1. The molecule has 0 atom stereocenters. The molecule has 1 aromatic heterocycles. The molecule has 38 heavy (non-hydrogen) atoms. The maximum absolute atomic E-state index is 12.9. The molecule has 10 heteroatoms. The van der Waals surface area contributed by atoms with Crippen molar-refractivity contribution in [3.63, 3.8) is 0 Å². The zero-order valence-electron chi connectivity index (χ0n) is 20.5. The number of sulfonamides is 1. The van der Waals surface area contributed by atoms with Crippen molar-refractivity contribution in [2.75, 3.05) is 15.9 Å². The van der Waals surface area contributed by atoms with Crippen LogP contribution in [0.15, 0.2) is 89.3 Å². The second-order valence-electron chi connectivity index (χ2n) is 8.91. The van der Waals surface area contributed by atoms with Gasteiger partial charge >= 0.3 is 0 Å². The van der Waals surface area contributed by atoms with Crippen molar-refractivity contribution >= 4 is 54.9 Å². The second-order valence-corrected chi connectivity index (χ2v) is 10.8. The smallest absolute Gasteiger partial charge is 0.274 e. The summed E-state index contributed by atoms with van der Waals surface area (Å²) in [5.74, 6) is -0.332. The van der Waals surface area contributed by atoms with Gasteiger partial charge in [-0.1, -0.05) is 36.4 Å². The lowest BCUT2D eigenvalue weighted by Crippen LogP contribution is -2.30. The largest absolute Gasteiger partial charge is 0.456 e. The summed E-state index contributed by atoms with van der Waals surface area (Å²) in [4.78, 5) is 23.7. The number of para-hydroxylation sites is 1. The molecule has 9 nitrogen and oxygen atoms in total. The van der Waals surface area contributed by atoms with E-state index in [1.54, 1.807) is 30.3 Å². The zero-order valence-corrected chi connectivity index (χ0v) is 21.4. The fraction of sp³-hybridized carbons (Fsp3) is 0.107. The van der Waals surface area contributed by atoms with Gasteiger partial charge in [-0.05, 0) is 48.9 Å². The highest BCUT2D eigenvalue weighted by atomic mass is 32.2. The molecule has 1 heterocycles. The summed E-state index contributed by atoms with van der Waals surface area (Å²) >= 11 is 0. The number of benzene rings is 4.